The molecule has 0 aromatic heterocycles. The van der Waals surface area contributed by atoms with Gasteiger partial charge in [0.05, 0.1) is 6.61 Å². The number of nitrogens with zero attached hydrogens (tertiary/aromatic N) is 1. The molecule has 0 unspecified atom stereocenters. The van der Waals surface area contributed by atoms with Crippen molar-refractivity contribution in [3.05, 3.63) is 41.7 Å². The largest absolute Gasteiger partial charge is 0.395 e. The molecule has 0 radical (unpaired) electrons. The number of amides is 1. The molecule has 0 saturated heterocycles. The van der Waals surface area contributed by atoms with Crippen LogP contribution in [0.5, 0.6) is 0 Å². The Bertz CT molecular complexity index is 464. The molecule has 1 amide bonds. The first kappa shape index (κ1) is 14.7. The standard InChI is InChI=1S/C16H20FNO2/c17-14-8-5-13(6-9-14)7-10-16(20)18(11-12-19)15-3-1-2-4-15/h5-10,15,19H,1-4,11-12H2. The third-order valence-corrected chi connectivity index (χ3v) is 3.68. The van der Waals surface area contributed by atoms with Crippen molar-refractivity contribution < 1.29 is 14.3 Å². The second-order valence-electron chi connectivity index (χ2n) is 5.08. The number of carbonyl (C=O) groups is 1. The van der Waals surface area contributed by atoms with Crippen LogP contribution < -0.4 is 0 Å². The quantitative estimate of drug-likeness (QED) is 0.840. The molecule has 1 aromatic rings. The summed E-state index contributed by atoms with van der Waals surface area (Å²) in [5, 5.41) is 9.10. The average molecular weight is 277 g/mol. The molecule has 1 aromatic carbocycles. The summed E-state index contributed by atoms with van der Waals surface area (Å²) in [5.41, 5.74) is 0.787. The van der Waals surface area contributed by atoms with E-state index in [1.54, 1.807) is 23.1 Å². The van der Waals surface area contributed by atoms with Crippen LogP contribution in [0.2, 0.25) is 0 Å². The fourth-order valence-electron chi connectivity index (χ4n) is 2.63. The van der Waals surface area contributed by atoms with Crippen LogP contribution >= 0.6 is 0 Å². The molecule has 3 nitrogen and oxygen atoms in total. The SMILES string of the molecule is O=C(C=Cc1ccc(F)cc1)N(CCO)C1CCCC1. The monoisotopic (exact) mass is 277 g/mol. The first-order chi connectivity index (χ1) is 9.70. The van der Waals surface area contributed by atoms with E-state index < -0.39 is 0 Å². The molecule has 108 valence electrons. The molecule has 1 aliphatic rings. The minimum Gasteiger partial charge on any atom is -0.395 e. The van der Waals surface area contributed by atoms with Crippen molar-refractivity contribution >= 4 is 12.0 Å². The molecule has 1 fully saturated rings. The third-order valence-electron chi connectivity index (χ3n) is 3.68. The summed E-state index contributed by atoms with van der Waals surface area (Å²) in [6.07, 6.45) is 7.48. The summed E-state index contributed by atoms with van der Waals surface area (Å²) in [5.74, 6) is -0.378. The molecule has 1 N–H and O–H groups in total. The highest BCUT2D eigenvalue weighted by molar-refractivity contribution is 5.92. The van der Waals surface area contributed by atoms with Crippen LogP contribution in [0.3, 0.4) is 0 Å². The highest BCUT2D eigenvalue weighted by atomic mass is 19.1. The van der Waals surface area contributed by atoms with E-state index in [1.807, 2.05) is 0 Å². The molecule has 0 bridgehead atoms. The van der Waals surface area contributed by atoms with Gasteiger partial charge in [-0.2, -0.15) is 0 Å². The van der Waals surface area contributed by atoms with E-state index >= 15 is 0 Å². The highest BCUT2D eigenvalue weighted by Crippen LogP contribution is 2.23. The Kier molecular flexibility index (Phi) is 5.30. The van der Waals surface area contributed by atoms with Crippen LogP contribution in [-0.4, -0.2) is 35.1 Å². The first-order valence-electron chi connectivity index (χ1n) is 7.06. The normalized spacial score (nSPS) is 15.9. The zero-order valence-electron chi connectivity index (χ0n) is 11.5. The Balaban J connectivity index is 2.01. The van der Waals surface area contributed by atoms with Crippen molar-refractivity contribution in [3.8, 4) is 0 Å². The second-order valence-corrected chi connectivity index (χ2v) is 5.08. The minimum atomic E-state index is -0.290. The van der Waals surface area contributed by atoms with Gasteiger partial charge >= 0.3 is 0 Å². The maximum absolute atomic E-state index is 12.8. The van der Waals surface area contributed by atoms with Crippen molar-refractivity contribution in [1.82, 2.24) is 4.90 Å². The fraction of sp³-hybridized carbons (Fsp3) is 0.438. The Morgan fingerprint density at radius 2 is 1.95 bits per heavy atom. The van der Waals surface area contributed by atoms with E-state index in [2.05, 4.69) is 0 Å². The average Bonchev–Trinajstić information content (AvgIpc) is 2.97. The maximum atomic E-state index is 12.8. The molecule has 20 heavy (non-hydrogen) atoms. The Morgan fingerprint density at radius 1 is 1.30 bits per heavy atom. The number of hydrogen-bond donors (Lipinski definition) is 1. The summed E-state index contributed by atoms with van der Waals surface area (Å²) in [4.78, 5) is 14.0. The minimum absolute atomic E-state index is 0.0212. The van der Waals surface area contributed by atoms with Gasteiger partial charge in [-0.25, -0.2) is 4.39 Å². The van der Waals surface area contributed by atoms with Crippen LogP contribution in [0.25, 0.3) is 6.08 Å². The molecule has 0 atom stereocenters. The van der Waals surface area contributed by atoms with Gasteiger partial charge in [0.1, 0.15) is 5.82 Å². The third kappa shape index (κ3) is 3.90. The van der Waals surface area contributed by atoms with Crippen molar-refractivity contribution in [2.24, 2.45) is 0 Å². The van der Waals surface area contributed by atoms with Crippen molar-refractivity contribution in [1.29, 1.82) is 0 Å². The number of hydrogen-bond acceptors (Lipinski definition) is 2. The maximum Gasteiger partial charge on any atom is 0.246 e. The van der Waals surface area contributed by atoms with Gasteiger partial charge in [0.2, 0.25) is 5.91 Å². The first-order valence-corrected chi connectivity index (χ1v) is 7.06. The lowest BCUT2D eigenvalue weighted by Crippen LogP contribution is -2.39. The van der Waals surface area contributed by atoms with Crippen LogP contribution in [0.1, 0.15) is 31.2 Å². The van der Waals surface area contributed by atoms with Crippen molar-refractivity contribution in [2.75, 3.05) is 13.2 Å². The number of rotatable bonds is 5. The topological polar surface area (TPSA) is 40.5 Å². The molecular formula is C16H20FNO2. The van der Waals surface area contributed by atoms with Gasteiger partial charge in [0.15, 0.2) is 0 Å². The van der Waals surface area contributed by atoms with Crippen LogP contribution in [0, 0.1) is 5.82 Å². The Labute approximate surface area is 118 Å². The zero-order chi connectivity index (χ0) is 14.4. The molecule has 0 spiro atoms. The zero-order valence-corrected chi connectivity index (χ0v) is 11.5. The molecule has 4 heteroatoms. The highest BCUT2D eigenvalue weighted by Gasteiger charge is 2.24. The molecule has 0 aliphatic heterocycles. The Hall–Kier alpha value is -1.68. The van der Waals surface area contributed by atoms with Gasteiger partial charge < -0.3 is 10.0 Å². The van der Waals surface area contributed by atoms with Gasteiger partial charge in [-0.1, -0.05) is 25.0 Å². The number of aliphatic hydroxyl groups excluding tert-OH is 1. The molecule has 1 aliphatic carbocycles. The van der Waals surface area contributed by atoms with E-state index in [0.29, 0.717) is 6.54 Å². The van der Waals surface area contributed by atoms with Crippen molar-refractivity contribution in [3.63, 3.8) is 0 Å². The summed E-state index contributed by atoms with van der Waals surface area (Å²) in [7, 11) is 0. The summed E-state index contributed by atoms with van der Waals surface area (Å²) < 4.78 is 12.8. The lowest BCUT2D eigenvalue weighted by molar-refractivity contribution is -0.128. The van der Waals surface area contributed by atoms with Crippen LogP contribution in [0.4, 0.5) is 4.39 Å². The van der Waals surface area contributed by atoms with Gasteiger partial charge in [-0.05, 0) is 36.6 Å². The molecule has 2 rings (SSSR count). The van der Waals surface area contributed by atoms with E-state index in [1.165, 1.54) is 18.2 Å². The second kappa shape index (κ2) is 7.20. The number of aliphatic hydroxyl groups is 1. The van der Waals surface area contributed by atoms with E-state index in [0.717, 1.165) is 31.2 Å². The summed E-state index contributed by atoms with van der Waals surface area (Å²) in [6, 6.07) is 6.24. The number of benzene rings is 1. The number of carbonyl (C=O) groups excluding carboxylic acids is 1. The fourth-order valence-corrected chi connectivity index (χ4v) is 2.63. The molecule has 0 heterocycles. The Morgan fingerprint density at radius 3 is 2.55 bits per heavy atom. The predicted molar refractivity (Wildman–Crippen MR) is 76.5 cm³/mol. The summed E-state index contributed by atoms with van der Waals surface area (Å²) in [6.45, 7) is 0.351. The smallest absolute Gasteiger partial charge is 0.246 e. The lowest BCUT2D eigenvalue weighted by atomic mass is 10.2. The molecule has 1 saturated carbocycles. The predicted octanol–water partition coefficient (Wildman–Crippen LogP) is 2.60. The van der Waals surface area contributed by atoms with Gasteiger partial charge in [-0.3, -0.25) is 4.79 Å². The molecular weight excluding hydrogens is 257 g/mol. The van der Waals surface area contributed by atoms with E-state index in [-0.39, 0.29) is 24.4 Å². The van der Waals surface area contributed by atoms with Crippen molar-refractivity contribution in [2.45, 2.75) is 31.7 Å². The van der Waals surface area contributed by atoms with Gasteiger partial charge in [0.25, 0.3) is 0 Å². The van der Waals surface area contributed by atoms with E-state index in [4.69, 9.17) is 5.11 Å². The van der Waals surface area contributed by atoms with Gasteiger partial charge in [-0.15, -0.1) is 0 Å². The van der Waals surface area contributed by atoms with Gasteiger partial charge in [0, 0.05) is 18.7 Å². The lowest BCUT2D eigenvalue weighted by Gasteiger charge is -2.27. The number of halogens is 1. The van der Waals surface area contributed by atoms with Crippen LogP contribution in [0.15, 0.2) is 30.3 Å². The van der Waals surface area contributed by atoms with Crippen LogP contribution in [-0.2, 0) is 4.79 Å². The van der Waals surface area contributed by atoms with E-state index in [9.17, 15) is 9.18 Å². The summed E-state index contributed by atoms with van der Waals surface area (Å²) >= 11 is 0.